The molecular formula is C22H39N3O2. The summed E-state index contributed by atoms with van der Waals surface area (Å²) in [5, 5.41) is 0. The van der Waals surface area contributed by atoms with Crippen LogP contribution in [0.15, 0.2) is 0 Å². The highest BCUT2D eigenvalue weighted by Gasteiger charge is 2.42. The van der Waals surface area contributed by atoms with Crippen molar-refractivity contribution >= 4 is 11.8 Å². The maximum atomic E-state index is 12.6. The Kier molecular flexibility index (Phi) is 7.18. The summed E-state index contributed by atoms with van der Waals surface area (Å²) in [5.74, 6) is 1.16. The molecule has 5 heteroatoms. The van der Waals surface area contributed by atoms with E-state index in [1.54, 1.807) is 19.0 Å². The van der Waals surface area contributed by atoms with Crippen LogP contribution in [0.3, 0.4) is 0 Å². The highest BCUT2D eigenvalue weighted by Crippen LogP contribution is 2.39. The monoisotopic (exact) mass is 377 g/mol. The third-order valence-electron chi connectivity index (χ3n) is 7.16. The highest BCUT2D eigenvalue weighted by molar-refractivity contribution is 5.83. The van der Waals surface area contributed by atoms with E-state index in [0.29, 0.717) is 18.3 Å². The minimum atomic E-state index is 0.0452. The van der Waals surface area contributed by atoms with E-state index in [9.17, 15) is 9.59 Å². The molecule has 2 saturated heterocycles. The summed E-state index contributed by atoms with van der Waals surface area (Å²) in [5.41, 5.74) is 0.312. The van der Waals surface area contributed by atoms with Gasteiger partial charge in [0.05, 0.1) is 0 Å². The van der Waals surface area contributed by atoms with Crippen LogP contribution in [0.5, 0.6) is 0 Å². The van der Waals surface area contributed by atoms with Crippen molar-refractivity contribution in [2.24, 2.45) is 11.3 Å². The van der Waals surface area contributed by atoms with Gasteiger partial charge in [0.2, 0.25) is 11.8 Å². The fourth-order valence-corrected chi connectivity index (χ4v) is 5.42. The Balaban J connectivity index is 1.44. The van der Waals surface area contributed by atoms with Crippen LogP contribution in [0.25, 0.3) is 0 Å². The van der Waals surface area contributed by atoms with Crippen molar-refractivity contribution in [2.45, 2.75) is 70.6 Å². The van der Waals surface area contributed by atoms with Crippen LogP contribution < -0.4 is 0 Å². The molecule has 0 radical (unpaired) electrons. The lowest BCUT2D eigenvalue weighted by molar-refractivity contribution is -0.135. The van der Waals surface area contributed by atoms with Gasteiger partial charge in [-0.3, -0.25) is 9.59 Å². The first kappa shape index (κ1) is 20.6. The molecule has 0 N–H and O–H groups in total. The zero-order chi connectivity index (χ0) is 19.3. The van der Waals surface area contributed by atoms with Crippen molar-refractivity contribution in [1.82, 2.24) is 14.7 Å². The van der Waals surface area contributed by atoms with E-state index in [0.717, 1.165) is 25.4 Å². The van der Waals surface area contributed by atoms with Gasteiger partial charge in [0.15, 0.2) is 0 Å². The second-order valence-electron chi connectivity index (χ2n) is 9.53. The molecule has 3 aliphatic rings. The number of carbonyl (C=O) groups excluding carboxylic acids is 2. The molecule has 1 aliphatic carbocycles. The predicted molar refractivity (Wildman–Crippen MR) is 108 cm³/mol. The number of hydrogen-bond acceptors (Lipinski definition) is 3. The van der Waals surface area contributed by atoms with Crippen molar-refractivity contribution in [3.05, 3.63) is 0 Å². The molecule has 0 aromatic carbocycles. The molecule has 5 nitrogen and oxygen atoms in total. The molecule has 154 valence electrons. The van der Waals surface area contributed by atoms with Crippen molar-refractivity contribution < 1.29 is 9.59 Å². The Morgan fingerprint density at radius 1 is 0.963 bits per heavy atom. The van der Waals surface area contributed by atoms with E-state index in [1.165, 1.54) is 71.0 Å². The van der Waals surface area contributed by atoms with Gasteiger partial charge in [-0.2, -0.15) is 0 Å². The Labute approximate surface area is 165 Å². The molecule has 1 spiro atoms. The molecular weight excluding hydrogens is 338 g/mol. The van der Waals surface area contributed by atoms with Gasteiger partial charge in [0.1, 0.15) is 0 Å². The smallest absolute Gasteiger partial charge is 0.223 e. The Morgan fingerprint density at radius 3 is 2.48 bits per heavy atom. The average Bonchev–Trinajstić information content (AvgIpc) is 3.08. The van der Waals surface area contributed by atoms with E-state index in [1.807, 2.05) is 4.90 Å². The van der Waals surface area contributed by atoms with E-state index in [2.05, 4.69) is 4.90 Å². The van der Waals surface area contributed by atoms with Crippen molar-refractivity contribution in [2.75, 3.05) is 46.8 Å². The number of rotatable bonds is 6. The third kappa shape index (κ3) is 5.69. The number of amides is 2. The third-order valence-corrected chi connectivity index (χ3v) is 7.16. The van der Waals surface area contributed by atoms with Gasteiger partial charge >= 0.3 is 0 Å². The summed E-state index contributed by atoms with van der Waals surface area (Å²) < 4.78 is 0. The van der Waals surface area contributed by atoms with Gasteiger partial charge < -0.3 is 14.7 Å². The standard InChI is InChI=1S/C22H39N3O2/c1-23(2)20(26)9-10-21(27)25-16-13-22(18-25)12-6-14-24(17-22)15-11-19-7-4-3-5-8-19/h19H,3-18H2,1-2H3/t22-/m1/s1. The molecule has 0 aromatic heterocycles. The molecule has 3 rings (SSSR count). The number of nitrogens with zero attached hydrogens (tertiary/aromatic N) is 3. The second kappa shape index (κ2) is 9.40. The van der Waals surface area contributed by atoms with Gasteiger partial charge in [-0.25, -0.2) is 0 Å². The molecule has 2 aliphatic heterocycles. The van der Waals surface area contributed by atoms with E-state index >= 15 is 0 Å². The van der Waals surface area contributed by atoms with Gasteiger partial charge in [-0.15, -0.1) is 0 Å². The van der Waals surface area contributed by atoms with Gasteiger partial charge in [0, 0.05) is 52.0 Å². The lowest BCUT2D eigenvalue weighted by Gasteiger charge is -2.41. The van der Waals surface area contributed by atoms with E-state index in [4.69, 9.17) is 0 Å². The van der Waals surface area contributed by atoms with Crippen LogP contribution in [0.4, 0.5) is 0 Å². The molecule has 2 amide bonds. The van der Waals surface area contributed by atoms with Gasteiger partial charge in [-0.1, -0.05) is 32.1 Å². The molecule has 0 aromatic rings. The first-order valence-electron chi connectivity index (χ1n) is 11.2. The van der Waals surface area contributed by atoms with Crippen molar-refractivity contribution in [3.8, 4) is 0 Å². The predicted octanol–water partition coefficient (Wildman–Crippen LogP) is 3.14. The summed E-state index contributed by atoms with van der Waals surface area (Å²) in [7, 11) is 3.50. The van der Waals surface area contributed by atoms with E-state index in [-0.39, 0.29) is 11.8 Å². The summed E-state index contributed by atoms with van der Waals surface area (Å²) in [6, 6.07) is 0. The first-order valence-corrected chi connectivity index (χ1v) is 11.2. The molecule has 1 atom stereocenters. The zero-order valence-corrected chi connectivity index (χ0v) is 17.5. The number of likely N-dealkylation sites (tertiary alicyclic amines) is 2. The Hall–Kier alpha value is -1.10. The van der Waals surface area contributed by atoms with Gasteiger partial charge in [0.25, 0.3) is 0 Å². The van der Waals surface area contributed by atoms with Crippen LogP contribution in [-0.4, -0.2) is 73.3 Å². The summed E-state index contributed by atoms with van der Waals surface area (Å²) >= 11 is 0. The minimum Gasteiger partial charge on any atom is -0.349 e. The zero-order valence-electron chi connectivity index (χ0n) is 17.5. The van der Waals surface area contributed by atoms with Gasteiger partial charge in [-0.05, 0) is 44.7 Å². The SMILES string of the molecule is CN(C)C(=O)CCC(=O)N1CC[C@@]2(CCCN(CCC3CCCCC3)C2)C1. The minimum absolute atomic E-state index is 0.0452. The van der Waals surface area contributed by atoms with Crippen molar-refractivity contribution in [1.29, 1.82) is 0 Å². The van der Waals surface area contributed by atoms with Crippen LogP contribution in [0, 0.1) is 11.3 Å². The second-order valence-corrected chi connectivity index (χ2v) is 9.53. The maximum Gasteiger partial charge on any atom is 0.223 e. The topological polar surface area (TPSA) is 43.9 Å². The number of carbonyl (C=O) groups is 2. The molecule has 0 bridgehead atoms. The lowest BCUT2D eigenvalue weighted by Crippen LogP contribution is -2.46. The summed E-state index contributed by atoms with van der Waals surface area (Å²) in [4.78, 5) is 30.6. The fraction of sp³-hybridized carbons (Fsp3) is 0.909. The lowest BCUT2D eigenvalue weighted by atomic mass is 9.79. The van der Waals surface area contributed by atoms with E-state index < -0.39 is 0 Å². The van der Waals surface area contributed by atoms with Crippen molar-refractivity contribution in [3.63, 3.8) is 0 Å². The normalized spacial score (nSPS) is 27.3. The molecule has 3 fully saturated rings. The summed E-state index contributed by atoms with van der Waals surface area (Å²) in [6.45, 7) is 5.44. The number of piperidine rings is 1. The fourth-order valence-electron chi connectivity index (χ4n) is 5.42. The van der Waals surface area contributed by atoms with Crippen LogP contribution in [-0.2, 0) is 9.59 Å². The molecule has 2 heterocycles. The first-order chi connectivity index (χ1) is 13.0. The molecule has 0 unspecified atom stereocenters. The van der Waals surface area contributed by atoms with Crippen LogP contribution in [0.2, 0.25) is 0 Å². The van der Waals surface area contributed by atoms with Crippen LogP contribution in [0.1, 0.15) is 70.6 Å². The molecule has 27 heavy (non-hydrogen) atoms. The highest BCUT2D eigenvalue weighted by atomic mass is 16.2. The maximum absolute atomic E-state index is 12.6. The Morgan fingerprint density at radius 2 is 1.74 bits per heavy atom. The Bertz CT molecular complexity index is 516. The quantitative estimate of drug-likeness (QED) is 0.714. The average molecular weight is 378 g/mol. The summed E-state index contributed by atoms with van der Waals surface area (Å²) in [6.07, 6.45) is 12.9. The molecule has 1 saturated carbocycles. The van der Waals surface area contributed by atoms with Crippen LogP contribution >= 0.6 is 0 Å². The number of hydrogen-bond donors (Lipinski definition) is 0. The largest absolute Gasteiger partial charge is 0.349 e.